The van der Waals surface area contributed by atoms with Gasteiger partial charge in [0.15, 0.2) is 5.65 Å². The Hall–Kier alpha value is -3.67. The summed E-state index contributed by atoms with van der Waals surface area (Å²) in [6.45, 7) is 0. The van der Waals surface area contributed by atoms with E-state index in [1.807, 2.05) is 42.5 Å². The van der Waals surface area contributed by atoms with Crippen LogP contribution in [-0.4, -0.2) is 26.3 Å². The van der Waals surface area contributed by atoms with E-state index >= 15 is 0 Å². The molecule has 0 unspecified atom stereocenters. The fraction of sp³-hybridized carbons (Fsp3) is 0.0500. The van der Waals surface area contributed by atoms with Crippen molar-refractivity contribution in [2.45, 2.75) is 0 Å². The number of nitrogens with zero attached hydrogens (tertiary/aromatic N) is 4. The normalized spacial score (nSPS) is 11.3. The molecule has 0 bridgehead atoms. The lowest BCUT2D eigenvalue weighted by Gasteiger charge is -2.10. The summed E-state index contributed by atoms with van der Waals surface area (Å²) in [5.41, 5.74) is 2.70. The summed E-state index contributed by atoms with van der Waals surface area (Å²) in [6, 6.07) is 14.6. The molecule has 0 saturated heterocycles. The molecule has 0 radical (unpaired) electrons. The zero-order valence-electron chi connectivity index (χ0n) is 14.1. The SMILES string of the molecule is COc1ccccc1-n1ccc2nc(/C=C/c3cccnc3)cc(=O)n21. The lowest BCUT2D eigenvalue weighted by atomic mass is 10.2. The maximum atomic E-state index is 12.7. The summed E-state index contributed by atoms with van der Waals surface area (Å²) in [7, 11) is 1.60. The Morgan fingerprint density at radius 1 is 1.08 bits per heavy atom. The standard InChI is InChI=1S/C20H16N4O2/c1-26-18-7-3-2-6-17(18)23-12-10-19-22-16(13-20(25)24(19)23)9-8-15-5-4-11-21-14-15/h2-14H,1H3/b9-8+. The number of para-hydroxylation sites is 2. The van der Waals surface area contributed by atoms with Gasteiger partial charge in [-0.2, -0.15) is 4.52 Å². The molecule has 0 amide bonds. The Kier molecular flexibility index (Phi) is 4.07. The van der Waals surface area contributed by atoms with Gasteiger partial charge in [-0.3, -0.25) is 9.78 Å². The van der Waals surface area contributed by atoms with E-state index < -0.39 is 0 Å². The highest BCUT2D eigenvalue weighted by Gasteiger charge is 2.10. The monoisotopic (exact) mass is 344 g/mol. The van der Waals surface area contributed by atoms with Gasteiger partial charge in [-0.15, -0.1) is 0 Å². The number of hydrogen-bond donors (Lipinski definition) is 0. The van der Waals surface area contributed by atoms with Crippen LogP contribution in [0.25, 0.3) is 23.5 Å². The molecule has 1 aromatic carbocycles. The van der Waals surface area contributed by atoms with Crippen molar-refractivity contribution in [2.24, 2.45) is 0 Å². The van der Waals surface area contributed by atoms with Crippen LogP contribution in [0.4, 0.5) is 0 Å². The molecule has 0 spiro atoms. The third kappa shape index (κ3) is 2.88. The van der Waals surface area contributed by atoms with Gasteiger partial charge in [0, 0.05) is 30.7 Å². The lowest BCUT2D eigenvalue weighted by molar-refractivity contribution is 0.411. The molecule has 3 heterocycles. The first-order chi connectivity index (χ1) is 12.8. The molecule has 0 aliphatic carbocycles. The number of methoxy groups -OCH3 is 1. The van der Waals surface area contributed by atoms with Gasteiger partial charge in [0.2, 0.25) is 0 Å². The van der Waals surface area contributed by atoms with Gasteiger partial charge >= 0.3 is 0 Å². The van der Waals surface area contributed by atoms with Crippen molar-refractivity contribution < 1.29 is 4.74 Å². The van der Waals surface area contributed by atoms with E-state index in [0.717, 1.165) is 11.3 Å². The molecule has 0 N–H and O–H groups in total. The third-order valence-corrected chi connectivity index (χ3v) is 3.98. The Balaban J connectivity index is 1.79. The minimum atomic E-state index is -0.170. The second-order valence-electron chi connectivity index (χ2n) is 5.64. The highest BCUT2D eigenvalue weighted by Crippen LogP contribution is 2.22. The first kappa shape index (κ1) is 15.8. The molecule has 0 atom stereocenters. The van der Waals surface area contributed by atoms with E-state index in [4.69, 9.17) is 4.74 Å². The molecule has 26 heavy (non-hydrogen) atoms. The molecule has 0 saturated carbocycles. The van der Waals surface area contributed by atoms with Crippen molar-refractivity contribution in [1.82, 2.24) is 19.2 Å². The number of aromatic nitrogens is 4. The number of fused-ring (bicyclic) bond motifs is 1. The zero-order valence-corrected chi connectivity index (χ0v) is 14.1. The minimum Gasteiger partial charge on any atom is -0.494 e. The molecule has 0 aliphatic heterocycles. The first-order valence-corrected chi connectivity index (χ1v) is 8.09. The Bertz CT molecular complexity index is 1140. The van der Waals surface area contributed by atoms with Crippen molar-refractivity contribution in [3.05, 3.63) is 88.7 Å². The number of benzene rings is 1. The van der Waals surface area contributed by atoms with Crippen LogP contribution >= 0.6 is 0 Å². The number of rotatable bonds is 4. The van der Waals surface area contributed by atoms with Crippen molar-refractivity contribution >= 4 is 17.8 Å². The molecule has 6 heteroatoms. The smallest absolute Gasteiger partial charge is 0.273 e. The predicted molar refractivity (Wildman–Crippen MR) is 101 cm³/mol. The summed E-state index contributed by atoms with van der Waals surface area (Å²) >= 11 is 0. The lowest BCUT2D eigenvalue weighted by Crippen LogP contribution is -2.20. The molecule has 6 nitrogen and oxygen atoms in total. The molecule has 0 aliphatic rings. The number of pyridine rings is 1. The van der Waals surface area contributed by atoms with Crippen LogP contribution in [0.2, 0.25) is 0 Å². The van der Waals surface area contributed by atoms with Crippen LogP contribution in [0, 0.1) is 0 Å². The van der Waals surface area contributed by atoms with Gasteiger partial charge < -0.3 is 4.74 Å². The van der Waals surface area contributed by atoms with E-state index in [0.29, 0.717) is 17.1 Å². The molecular weight excluding hydrogens is 328 g/mol. The second-order valence-corrected chi connectivity index (χ2v) is 5.64. The van der Waals surface area contributed by atoms with E-state index in [1.165, 1.54) is 10.6 Å². The van der Waals surface area contributed by atoms with Gasteiger partial charge in [-0.1, -0.05) is 24.3 Å². The van der Waals surface area contributed by atoms with E-state index in [-0.39, 0.29) is 5.56 Å². The van der Waals surface area contributed by atoms with E-state index in [1.54, 1.807) is 42.5 Å². The number of ether oxygens (including phenoxy) is 1. The quantitative estimate of drug-likeness (QED) is 0.571. The highest BCUT2D eigenvalue weighted by atomic mass is 16.5. The number of hydrogen-bond acceptors (Lipinski definition) is 4. The summed E-state index contributed by atoms with van der Waals surface area (Å²) in [4.78, 5) is 21.3. The van der Waals surface area contributed by atoms with Crippen LogP contribution in [0.1, 0.15) is 11.3 Å². The molecule has 128 valence electrons. The van der Waals surface area contributed by atoms with E-state index in [9.17, 15) is 4.79 Å². The summed E-state index contributed by atoms with van der Waals surface area (Å²) in [6.07, 6.45) is 8.95. The average Bonchev–Trinajstić information content (AvgIpc) is 3.11. The van der Waals surface area contributed by atoms with Crippen molar-refractivity contribution in [3.63, 3.8) is 0 Å². The van der Waals surface area contributed by atoms with Gasteiger partial charge in [-0.05, 0) is 29.8 Å². The Morgan fingerprint density at radius 3 is 2.77 bits per heavy atom. The summed E-state index contributed by atoms with van der Waals surface area (Å²) < 4.78 is 8.64. The van der Waals surface area contributed by atoms with Crippen molar-refractivity contribution in [2.75, 3.05) is 7.11 Å². The maximum absolute atomic E-state index is 12.7. The molecule has 0 fully saturated rings. The topological polar surface area (TPSA) is 61.4 Å². The maximum Gasteiger partial charge on any atom is 0.273 e. The van der Waals surface area contributed by atoms with Crippen LogP contribution in [0.15, 0.2) is 71.9 Å². The molecule has 3 aromatic heterocycles. The van der Waals surface area contributed by atoms with Crippen molar-refractivity contribution in [3.8, 4) is 11.4 Å². The van der Waals surface area contributed by atoms with Crippen LogP contribution in [0.5, 0.6) is 5.75 Å². The molecular formula is C20H16N4O2. The second kappa shape index (κ2) is 6.68. The van der Waals surface area contributed by atoms with Gasteiger partial charge in [-0.25, -0.2) is 9.67 Å². The highest BCUT2D eigenvalue weighted by molar-refractivity contribution is 5.68. The van der Waals surface area contributed by atoms with Crippen LogP contribution < -0.4 is 10.3 Å². The largest absolute Gasteiger partial charge is 0.494 e. The van der Waals surface area contributed by atoms with E-state index in [2.05, 4.69) is 9.97 Å². The predicted octanol–water partition coefficient (Wildman–Crippen LogP) is 3.06. The van der Waals surface area contributed by atoms with Gasteiger partial charge in [0.05, 0.1) is 12.8 Å². The Morgan fingerprint density at radius 2 is 1.96 bits per heavy atom. The van der Waals surface area contributed by atoms with Gasteiger partial charge in [0.1, 0.15) is 11.4 Å². The third-order valence-electron chi connectivity index (χ3n) is 3.98. The fourth-order valence-electron chi connectivity index (χ4n) is 2.79. The zero-order chi connectivity index (χ0) is 17.9. The summed E-state index contributed by atoms with van der Waals surface area (Å²) in [5.74, 6) is 0.678. The van der Waals surface area contributed by atoms with Crippen molar-refractivity contribution in [1.29, 1.82) is 0 Å². The van der Waals surface area contributed by atoms with Crippen LogP contribution in [0.3, 0.4) is 0 Å². The average molecular weight is 344 g/mol. The summed E-state index contributed by atoms with van der Waals surface area (Å²) in [5, 5.41) is 0. The van der Waals surface area contributed by atoms with Gasteiger partial charge in [0.25, 0.3) is 5.56 Å². The fourth-order valence-corrected chi connectivity index (χ4v) is 2.79. The molecule has 4 aromatic rings. The Labute approximate surface area is 149 Å². The van der Waals surface area contributed by atoms with Crippen LogP contribution in [-0.2, 0) is 0 Å². The molecule has 4 rings (SSSR count). The first-order valence-electron chi connectivity index (χ1n) is 8.09. The minimum absolute atomic E-state index is 0.170.